The van der Waals surface area contributed by atoms with Crippen molar-refractivity contribution in [3.8, 4) is 0 Å². The van der Waals surface area contributed by atoms with Gasteiger partial charge < -0.3 is 9.90 Å². The number of aliphatic carboxylic acids is 1. The maximum Gasteiger partial charge on any atom is 0.147 e. The summed E-state index contributed by atoms with van der Waals surface area (Å²) in [6.45, 7) is 0. The molecule has 1 fully saturated rings. The smallest absolute Gasteiger partial charge is 0.147 e. The molecule has 0 unspecified atom stereocenters. The predicted molar refractivity (Wildman–Crippen MR) is 36.2 cm³/mol. The molecule has 0 aromatic carbocycles. The number of rotatable bonds is 2. The normalized spacial score (nSPS) is 20.4. The van der Waals surface area contributed by atoms with E-state index in [1.165, 1.54) is 12.8 Å². The first-order chi connectivity index (χ1) is 4.29. The summed E-state index contributed by atoms with van der Waals surface area (Å²) in [7, 11) is 0.181. The first-order valence-electron chi connectivity index (χ1n) is 3.13. The second-order valence-electron chi connectivity index (χ2n) is 2.24. The summed E-state index contributed by atoms with van der Waals surface area (Å²) in [5.41, 5.74) is 0. The Morgan fingerprint density at radius 1 is 1.44 bits per heavy atom. The highest BCUT2D eigenvalue weighted by atomic mass is 32.2. The fourth-order valence-electron chi connectivity index (χ4n) is 1.03. The zero-order chi connectivity index (χ0) is 6.69. The maximum absolute atomic E-state index is 10.1. The average molecular weight is 146 g/mol. The fourth-order valence-corrected chi connectivity index (χ4v) is 3.08. The first-order valence-corrected chi connectivity index (χ1v) is 4.86. The molecule has 52 valence electrons. The molecule has 0 aromatic heterocycles. The largest absolute Gasteiger partial charge is 0.545 e. The van der Waals surface area contributed by atoms with E-state index >= 15 is 0 Å². The molecule has 0 aliphatic carbocycles. The monoisotopic (exact) mass is 146 g/mol. The third-order valence-corrected chi connectivity index (χ3v) is 3.81. The van der Waals surface area contributed by atoms with E-state index in [4.69, 9.17) is 0 Å². The Balaban J connectivity index is 2.19. The van der Waals surface area contributed by atoms with Crippen LogP contribution in [0.1, 0.15) is 12.8 Å². The quantitative estimate of drug-likeness (QED) is 0.476. The van der Waals surface area contributed by atoms with Crippen molar-refractivity contribution in [3.63, 3.8) is 0 Å². The molecule has 3 heteroatoms. The van der Waals surface area contributed by atoms with E-state index in [1.54, 1.807) is 0 Å². The minimum atomic E-state index is -0.875. The van der Waals surface area contributed by atoms with Gasteiger partial charge in [-0.3, -0.25) is 0 Å². The van der Waals surface area contributed by atoms with Crippen molar-refractivity contribution in [1.29, 1.82) is 0 Å². The van der Waals surface area contributed by atoms with Gasteiger partial charge in [-0.25, -0.2) is 0 Å². The Kier molecular flexibility index (Phi) is 2.39. The maximum atomic E-state index is 10.1. The first kappa shape index (κ1) is 6.93. The van der Waals surface area contributed by atoms with Crippen LogP contribution in [0, 0.1) is 0 Å². The van der Waals surface area contributed by atoms with E-state index < -0.39 is 5.97 Å². The Labute approximate surface area is 57.6 Å². The van der Waals surface area contributed by atoms with Crippen LogP contribution in [0.4, 0.5) is 0 Å². The van der Waals surface area contributed by atoms with Crippen LogP contribution in [0.15, 0.2) is 0 Å². The van der Waals surface area contributed by atoms with Crippen molar-refractivity contribution in [2.45, 2.75) is 12.8 Å². The van der Waals surface area contributed by atoms with E-state index in [9.17, 15) is 9.90 Å². The van der Waals surface area contributed by atoms with Crippen molar-refractivity contribution >= 4 is 16.9 Å². The minimum Gasteiger partial charge on any atom is -0.545 e. The van der Waals surface area contributed by atoms with Crippen molar-refractivity contribution in [1.82, 2.24) is 0 Å². The van der Waals surface area contributed by atoms with Gasteiger partial charge in [-0.15, -0.1) is 0 Å². The molecule has 0 atom stereocenters. The van der Waals surface area contributed by atoms with Crippen molar-refractivity contribution in [2.75, 3.05) is 17.3 Å². The molecule has 0 aromatic rings. The summed E-state index contributed by atoms with van der Waals surface area (Å²) in [5.74, 6) is 1.67. The van der Waals surface area contributed by atoms with Crippen LogP contribution in [0.3, 0.4) is 0 Å². The Morgan fingerprint density at radius 3 is 2.44 bits per heavy atom. The van der Waals surface area contributed by atoms with Crippen LogP contribution in [-0.4, -0.2) is 23.2 Å². The van der Waals surface area contributed by atoms with Crippen molar-refractivity contribution < 1.29 is 9.90 Å². The molecule has 0 spiro atoms. The van der Waals surface area contributed by atoms with E-state index in [2.05, 4.69) is 0 Å². The summed E-state index contributed by atoms with van der Waals surface area (Å²) in [4.78, 5) is 10.1. The molecule has 9 heavy (non-hydrogen) atoms. The number of hydrogen-bond donors (Lipinski definition) is 0. The molecule has 0 saturated carbocycles. The van der Waals surface area contributed by atoms with Gasteiger partial charge in [-0.05, 0) is 23.7 Å². The zero-order valence-corrected chi connectivity index (χ0v) is 6.08. The van der Waals surface area contributed by atoms with Gasteiger partial charge in [-0.2, -0.15) is 0 Å². The SMILES string of the molecule is O=C([O-])C[S+]1CCCC1. The lowest BCUT2D eigenvalue weighted by atomic mass is 10.4. The molecule has 1 saturated heterocycles. The van der Waals surface area contributed by atoms with E-state index in [0.29, 0.717) is 5.75 Å². The second-order valence-corrected chi connectivity index (χ2v) is 4.57. The molecule has 1 rings (SSSR count). The molecule has 1 aliphatic heterocycles. The number of carbonyl (C=O) groups is 1. The van der Waals surface area contributed by atoms with E-state index in [1.807, 2.05) is 0 Å². The van der Waals surface area contributed by atoms with Crippen LogP contribution < -0.4 is 5.11 Å². The second kappa shape index (κ2) is 3.11. The molecule has 0 amide bonds. The van der Waals surface area contributed by atoms with Crippen LogP contribution in [0.2, 0.25) is 0 Å². The highest BCUT2D eigenvalue weighted by Gasteiger charge is 2.23. The third-order valence-electron chi connectivity index (χ3n) is 1.44. The van der Waals surface area contributed by atoms with Crippen molar-refractivity contribution in [2.24, 2.45) is 0 Å². The summed E-state index contributed by atoms with van der Waals surface area (Å²) < 4.78 is 0. The average Bonchev–Trinajstić information content (AvgIpc) is 2.15. The molecule has 0 bridgehead atoms. The molecular formula is C6H10O2S. The summed E-state index contributed by atoms with van der Waals surface area (Å²) in [6, 6.07) is 0. The predicted octanol–water partition coefficient (Wildman–Crippen LogP) is -0.852. The lowest BCUT2D eigenvalue weighted by Gasteiger charge is -1.99. The lowest BCUT2D eigenvalue weighted by molar-refractivity contribution is -0.301. The van der Waals surface area contributed by atoms with Crippen LogP contribution in [0.5, 0.6) is 0 Å². The molecule has 0 N–H and O–H groups in total. The Bertz CT molecular complexity index is 108. The topological polar surface area (TPSA) is 40.1 Å². The minimum absolute atomic E-state index is 0.181. The van der Waals surface area contributed by atoms with E-state index in [-0.39, 0.29) is 10.9 Å². The molecule has 1 heterocycles. The third kappa shape index (κ3) is 2.26. The van der Waals surface area contributed by atoms with Gasteiger partial charge in [0.05, 0.1) is 5.97 Å². The standard InChI is InChI=1S/C6H10O2S/c7-6(8)5-9-3-1-2-4-9/h1-5H2. The molecule has 0 radical (unpaired) electrons. The van der Waals surface area contributed by atoms with Gasteiger partial charge in [0, 0.05) is 0 Å². The highest BCUT2D eigenvalue weighted by Crippen LogP contribution is 2.12. The molecule has 1 aliphatic rings. The number of carboxylic acid groups (broad SMARTS) is 1. The zero-order valence-electron chi connectivity index (χ0n) is 5.26. The van der Waals surface area contributed by atoms with Gasteiger partial charge >= 0.3 is 0 Å². The number of carbonyl (C=O) groups excluding carboxylic acids is 1. The van der Waals surface area contributed by atoms with Crippen LogP contribution >= 0.6 is 0 Å². The van der Waals surface area contributed by atoms with Crippen LogP contribution in [0.25, 0.3) is 0 Å². The fraction of sp³-hybridized carbons (Fsp3) is 0.833. The van der Waals surface area contributed by atoms with Gasteiger partial charge in [0.15, 0.2) is 0 Å². The van der Waals surface area contributed by atoms with Gasteiger partial charge in [-0.1, -0.05) is 0 Å². The van der Waals surface area contributed by atoms with Gasteiger partial charge in [0.1, 0.15) is 17.3 Å². The summed E-state index contributed by atoms with van der Waals surface area (Å²) >= 11 is 0. The Morgan fingerprint density at radius 2 is 2.00 bits per heavy atom. The summed E-state index contributed by atoms with van der Waals surface area (Å²) in [6.07, 6.45) is 2.44. The van der Waals surface area contributed by atoms with Gasteiger partial charge in [0.25, 0.3) is 0 Å². The highest BCUT2D eigenvalue weighted by molar-refractivity contribution is 7.97. The lowest BCUT2D eigenvalue weighted by Crippen LogP contribution is -2.31. The number of hydrogen-bond acceptors (Lipinski definition) is 2. The number of carboxylic acids is 1. The summed E-state index contributed by atoms with van der Waals surface area (Å²) in [5, 5.41) is 10.1. The molecule has 2 nitrogen and oxygen atoms in total. The molecular weight excluding hydrogens is 136 g/mol. The van der Waals surface area contributed by atoms with E-state index in [0.717, 1.165) is 11.5 Å². The van der Waals surface area contributed by atoms with Crippen LogP contribution in [-0.2, 0) is 15.7 Å². The van der Waals surface area contributed by atoms with Gasteiger partial charge in [0.2, 0.25) is 0 Å². The Hall–Kier alpha value is -0.180. The van der Waals surface area contributed by atoms with Crippen molar-refractivity contribution in [3.05, 3.63) is 0 Å².